The lowest BCUT2D eigenvalue weighted by atomic mass is 10.2. The van der Waals surface area contributed by atoms with Gasteiger partial charge in [-0.3, -0.25) is 10.2 Å². The summed E-state index contributed by atoms with van der Waals surface area (Å²) < 4.78 is 9.20. The van der Waals surface area contributed by atoms with Crippen LogP contribution in [0, 0.1) is 5.41 Å². The number of carbonyl (C=O) groups excluding carboxylic acids is 1. The largest absolute Gasteiger partial charge is 0.482 e. The fraction of sp³-hybridized carbons (Fsp3) is 0.429. The fourth-order valence-electron chi connectivity index (χ4n) is 0.566. The Hall–Kier alpha value is -1.16. The van der Waals surface area contributed by atoms with Crippen molar-refractivity contribution in [2.45, 2.75) is 6.10 Å². The average molecular weight is 157 g/mol. The molecule has 0 fully saturated rings. The number of ether oxygens (including phenoxy) is 2. The Labute approximate surface area is 65.3 Å². The number of methoxy groups -OCH3 is 2. The molecule has 1 N–H and O–H groups in total. The molecule has 0 heterocycles. The molecule has 0 aromatic carbocycles. The van der Waals surface area contributed by atoms with E-state index in [0.29, 0.717) is 0 Å². The molecule has 0 amide bonds. The Morgan fingerprint density at radius 1 is 1.64 bits per heavy atom. The summed E-state index contributed by atoms with van der Waals surface area (Å²) >= 11 is 0. The minimum atomic E-state index is -0.947. The van der Waals surface area contributed by atoms with Crippen molar-refractivity contribution in [1.82, 2.24) is 0 Å². The second-order valence-corrected chi connectivity index (χ2v) is 1.79. The molecule has 0 radical (unpaired) electrons. The Bertz CT molecular complexity index is 177. The van der Waals surface area contributed by atoms with Crippen molar-refractivity contribution in [2.24, 2.45) is 0 Å². The highest BCUT2D eigenvalue weighted by atomic mass is 16.5. The van der Waals surface area contributed by atoms with Crippen LogP contribution in [0.5, 0.6) is 0 Å². The average Bonchev–Trinajstić information content (AvgIpc) is 2.05. The maximum absolute atomic E-state index is 10.9. The number of hydrogen-bond donors (Lipinski definition) is 1. The van der Waals surface area contributed by atoms with Crippen molar-refractivity contribution in [3.05, 3.63) is 12.7 Å². The molecule has 0 aliphatic rings. The predicted octanol–water partition coefficient (Wildman–Crippen LogP) is 0.380. The molecule has 0 bridgehead atoms. The molecule has 0 saturated heterocycles. The molecule has 0 saturated carbocycles. The van der Waals surface area contributed by atoms with Gasteiger partial charge < -0.3 is 9.47 Å². The molecule has 0 aliphatic carbocycles. The van der Waals surface area contributed by atoms with E-state index in [1.807, 2.05) is 0 Å². The van der Waals surface area contributed by atoms with Gasteiger partial charge in [0.1, 0.15) is 0 Å². The van der Waals surface area contributed by atoms with E-state index < -0.39 is 6.10 Å². The van der Waals surface area contributed by atoms with Gasteiger partial charge in [-0.1, -0.05) is 6.58 Å². The van der Waals surface area contributed by atoms with Crippen LogP contribution in [0.3, 0.4) is 0 Å². The van der Waals surface area contributed by atoms with Gasteiger partial charge in [0.15, 0.2) is 11.9 Å². The summed E-state index contributed by atoms with van der Waals surface area (Å²) in [5.41, 5.74) is 0. The maximum Gasteiger partial charge on any atom is 0.218 e. The Balaban J connectivity index is 4.27. The van der Waals surface area contributed by atoms with E-state index in [2.05, 4.69) is 16.1 Å². The van der Waals surface area contributed by atoms with Crippen LogP contribution >= 0.6 is 0 Å². The maximum atomic E-state index is 10.9. The lowest BCUT2D eigenvalue weighted by molar-refractivity contribution is -0.121. The molecule has 4 nitrogen and oxygen atoms in total. The smallest absolute Gasteiger partial charge is 0.218 e. The van der Waals surface area contributed by atoms with Gasteiger partial charge in [0.2, 0.25) is 5.90 Å². The van der Waals surface area contributed by atoms with Gasteiger partial charge in [-0.05, 0) is 6.08 Å². The molecular weight excluding hydrogens is 146 g/mol. The first kappa shape index (κ1) is 9.84. The summed E-state index contributed by atoms with van der Waals surface area (Å²) in [5.74, 6) is -0.586. The zero-order chi connectivity index (χ0) is 8.85. The van der Waals surface area contributed by atoms with Crippen molar-refractivity contribution in [2.75, 3.05) is 14.2 Å². The van der Waals surface area contributed by atoms with E-state index in [9.17, 15) is 4.79 Å². The Kier molecular flexibility index (Phi) is 4.14. The first-order valence-electron chi connectivity index (χ1n) is 2.98. The zero-order valence-corrected chi connectivity index (χ0v) is 6.59. The van der Waals surface area contributed by atoms with E-state index in [0.717, 1.165) is 6.08 Å². The molecule has 0 aliphatic heterocycles. The Morgan fingerprint density at radius 2 is 2.18 bits per heavy atom. The normalized spacial score (nSPS) is 11.8. The first-order chi connectivity index (χ1) is 5.17. The van der Waals surface area contributed by atoms with Crippen LogP contribution in [-0.4, -0.2) is 32.0 Å². The van der Waals surface area contributed by atoms with E-state index in [-0.39, 0.29) is 11.7 Å². The third-order valence-corrected chi connectivity index (χ3v) is 1.15. The van der Waals surface area contributed by atoms with Crippen LogP contribution in [0.2, 0.25) is 0 Å². The summed E-state index contributed by atoms with van der Waals surface area (Å²) in [4.78, 5) is 10.9. The van der Waals surface area contributed by atoms with E-state index >= 15 is 0 Å². The van der Waals surface area contributed by atoms with Crippen LogP contribution in [0.4, 0.5) is 0 Å². The van der Waals surface area contributed by atoms with E-state index in [1.165, 1.54) is 14.2 Å². The number of carbonyl (C=O) groups is 1. The second-order valence-electron chi connectivity index (χ2n) is 1.79. The summed E-state index contributed by atoms with van der Waals surface area (Å²) in [7, 11) is 2.64. The van der Waals surface area contributed by atoms with Gasteiger partial charge in [0.05, 0.1) is 7.11 Å². The summed E-state index contributed by atoms with van der Waals surface area (Å²) in [5, 5.41) is 7.11. The highest BCUT2D eigenvalue weighted by Crippen LogP contribution is 1.96. The molecule has 11 heavy (non-hydrogen) atoms. The second kappa shape index (κ2) is 4.62. The van der Waals surface area contributed by atoms with Crippen molar-refractivity contribution >= 4 is 11.7 Å². The van der Waals surface area contributed by atoms with Gasteiger partial charge in [-0.2, -0.15) is 0 Å². The first-order valence-corrected chi connectivity index (χ1v) is 2.98. The molecule has 1 atom stereocenters. The van der Waals surface area contributed by atoms with Crippen molar-refractivity contribution in [3.63, 3.8) is 0 Å². The molecule has 62 valence electrons. The number of hydrogen-bond acceptors (Lipinski definition) is 4. The van der Waals surface area contributed by atoms with Crippen LogP contribution in [0.1, 0.15) is 0 Å². The third-order valence-electron chi connectivity index (χ3n) is 1.15. The summed E-state index contributed by atoms with van der Waals surface area (Å²) in [6.45, 7) is 3.26. The third kappa shape index (κ3) is 2.51. The van der Waals surface area contributed by atoms with Gasteiger partial charge >= 0.3 is 0 Å². The minimum absolute atomic E-state index is 0.211. The van der Waals surface area contributed by atoms with E-state index in [4.69, 9.17) is 5.41 Å². The van der Waals surface area contributed by atoms with Crippen LogP contribution < -0.4 is 0 Å². The zero-order valence-electron chi connectivity index (χ0n) is 6.59. The monoisotopic (exact) mass is 157 g/mol. The molecule has 4 heteroatoms. The molecule has 0 aromatic heterocycles. The van der Waals surface area contributed by atoms with Gasteiger partial charge in [-0.15, -0.1) is 0 Å². The van der Waals surface area contributed by atoms with Gasteiger partial charge in [0, 0.05) is 7.11 Å². The lowest BCUT2D eigenvalue weighted by Gasteiger charge is -2.10. The molecule has 0 rings (SSSR count). The highest BCUT2D eigenvalue weighted by molar-refractivity contribution is 6.08. The van der Waals surface area contributed by atoms with Crippen molar-refractivity contribution < 1.29 is 14.3 Å². The van der Waals surface area contributed by atoms with Crippen LogP contribution in [-0.2, 0) is 14.3 Å². The molecule has 0 spiro atoms. The number of nitrogens with one attached hydrogen (secondary N) is 1. The van der Waals surface area contributed by atoms with Crippen LogP contribution in [0.15, 0.2) is 12.7 Å². The molecule has 0 aromatic rings. The fourth-order valence-corrected chi connectivity index (χ4v) is 0.566. The van der Waals surface area contributed by atoms with Crippen LogP contribution in [0.25, 0.3) is 0 Å². The molecular formula is C7H11NO3. The number of rotatable bonds is 4. The topological polar surface area (TPSA) is 59.4 Å². The van der Waals surface area contributed by atoms with Gasteiger partial charge in [0.25, 0.3) is 0 Å². The standard InChI is InChI=1S/C7H11NO3/c1-4-5(9)6(10-2)7(8)11-3/h4,6,8H,1H2,2-3H3. The van der Waals surface area contributed by atoms with Gasteiger partial charge in [-0.25, -0.2) is 0 Å². The SMILES string of the molecule is C=CC(=O)C(OC)C(=N)OC. The molecule has 1 unspecified atom stereocenters. The summed E-state index contributed by atoms with van der Waals surface area (Å²) in [6, 6.07) is 0. The van der Waals surface area contributed by atoms with Crippen molar-refractivity contribution in [3.8, 4) is 0 Å². The Morgan fingerprint density at radius 3 is 2.45 bits per heavy atom. The van der Waals surface area contributed by atoms with Crippen molar-refractivity contribution in [1.29, 1.82) is 5.41 Å². The number of ketones is 1. The lowest BCUT2D eigenvalue weighted by Crippen LogP contribution is -2.31. The minimum Gasteiger partial charge on any atom is -0.482 e. The highest BCUT2D eigenvalue weighted by Gasteiger charge is 2.20. The quantitative estimate of drug-likeness (QED) is 0.364. The van der Waals surface area contributed by atoms with E-state index in [1.54, 1.807) is 0 Å². The predicted molar refractivity (Wildman–Crippen MR) is 40.7 cm³/mol. The summed E-state index contributed by atoms with van der Waals surface area (Å²) in [6.07, 6.45) is 0.152.